The lowest BCUT2D eigenvalue weighted by molar-refractivity contribution is -0.298. The molecule has 1 fully saturated rings. The summed E-state index contributed by atoms with van der Waals surface area (Å²) in [7, 11) is 0. The average molecular weight is 222 g/mol. The Kier molecular flexibility index (Phi) is 4.58. The van der Waals surface area contributed by atoms with Gasteiger partial charge in [0.25, 0.3) is 0 Å². The quantitative estimate of drug-likeness (QED) is 0.374. The number of aliphatic hydroxyl groups excluding tert-OH is 4. The molecule has 7 heteroatoms. The summed E-state index contributed by atoms with van der Waals surface area (Å²) in [5.41, 5.74) is 0. The molecule has 0 saturated carbocycles. The third kappa shape index (κ3) is 2.71. The van der Waals surface area contributed by atoms with Gasteiger partial charge in [-0.1, -0.05) is 0 Å². The lowest BCUT2D eigenvalue weighted by Crippen LogP contribution is -2.59. The summed E-state index contributed by atoms with van der Waals surface area (Å²) in [6.07, 6.45) is -6.14. The summed E-state index contributed by atoms with van der Waals surface area (Å²) in [6, 6.07) is 0. The molecule has 15 heavy (non-hydrogen) atoms. The maximum absolute atomic E-state index is 10.0. The van der Waals surface area contributed by atoms with E-state index in [1.165, 1.54) is 0 Å². The summed E-state index contributed by atoms with van der Waals surface area (Å²) in [5.74, 6) is 0. The molecule has 0 aromatic carbocycles. The lowest BCUT2D eigenvalue weighted by atomic mass is 9.99. The highest BCUT2D eigenvalue weighted by molar-refractivity contribution is 5.50. The number of carbonyl (C=O) groups excluding carboxylic acids is 1. The molecule has 1 aliphatic rings. The fraction of sp³-hybridized carbons (Fsp3) is 0.875. The van der Waals surface area contributed by atoms with Crippen molar-refractivity contribution in [2.24, 2.45) is 0 Å². The highest BCUT2D eigenvalue weighted by Crippen LogP contribution is 2.21. The van der Waals surface area contributed by atoms with Gasteiger partial charge < -0.3 is 34.7 Å². The molecule has 0 aromatic heterocycles. The van der Waals surface area contributed by atoms with Gasteiger partial charge in [-0.2, -0.15) is 0 Å². The molecule has 1 heterocycles. The Morgan fingerprint density at radius 3 is 2.40 bits per heavy atom. The van der Waals surface area contributed by atoms with Crippen LogP contribution in [0.2, 0.25) is 0 Å². The van der Waals surface area contributed by atoms with Crippen LogP contribution in [0.4, 0.5) is 0 Å². The Morgan fingerprint density at radius 2 is 1.87 bits per heavy atom. The number of hydrogen-bond donors (Lipinski definition) is 4. The molecule has 0 unspecified atom stereocenters. The third-order valence-corrected chi connectivity index (χ3v) is 2.18. The normalized spacial score (nSPS) is 41.5. The second kappa shape index (κ2) is 5.50. The minimum absolute atomic E-state index is 0.303. The molecule has 0 aromatic rings. The molecule has 4 N–H and O–H groups in total. The van der Waals surface area contributed by atoms with Gasteiger partial charge in [-0.05, 0) is 0 Å². The molecule has 0 spiro atoms. The Labute approximate surface area is 85.9 Å². The summed E-state index contributed by atoms with van der Waals surface area (Å²) in [6.45, 7) is -0.825. The van der Waals surface area contributed by atoms with Crippen LogP contribution in [-0.4, -0.2) is 70.6 Å². The predicted molar refractivity (Wildman–Crippen MR) is 45.8 cm³/mol. The lowest BCUT2D eigenvalue weighted by Gasteiger charge is -2.39. The number of hydrogen-bond acceptors (Lipinski definition) is 7. The minimum Gasteiger partial charge on any atom is -0.394 e. The van der Waals surface area contributed by atoms with Crippen molar-refractivity contribution in [2.45, 2.75) is 30.7 Å². The van der Waals surface area contributed by atoms with Crippen LogP contribution in [0.15, 0.2) is 0 Å². The van der Waals surface area contributed by atoms with E-state index in [0.29, 0.717) is 6.29 Å². The van der Waals surface area contributed by atoms with E-state index in [9.17, 15) is 20.1 Å². The van der Waals surface area contributed by atoms with Gasteiger partial charge in [0.15, 0.2) is 6.29 Å². The molecule has 0 aliphatic carbocycles. The van der Waals surface area contributed by atoms with Crippen molar-refractivity contribution in [3.8, 4) is 0 Å². The fourth-order valence-electron chi connectivity index (χ4n) is 1.34. The third-order valence-electron chi connectivity index (χ3n) is 2.18. The van der Waals surface area contributed by atoms with Crippen molar-refractivity contribution in [2.75, 3.05) is 13.2 Å². The molecule has 1 saturated heterocycles. The van der Waals surface area contributed by atoms with Gasteiger partial charge in [-0.15, -0.1) is 0 Å². The van der Waals surface area contributed by atoms with E-state index >= 15 is 0 Å². The predicted octanol–water partition coefficient (Wildman–Crippen LogP) is -3.00. The first-order valence-corrected chi connectivity index (χ1v) is 4.47. The molecule has 5 atom stereocenters. The molecule has 0 radical (unpaired) electrons. The van der Waals surface area contributed by atoms with Crippen molar-refractivity contribution < 1.29 is 34.7 Å². The first kappa shape index (κ1) is 12.5. The maximum Gasteiger partial charge on any atom is 0.187 e. The molecule has 1 aliphatic heterocycles. The number of aliphatic hydroxyl groups is 4. The highest BCUT2D eigenvalue weighted by Gasteiger charge is 2.43. The van der Waals surface area contributed by atoms with Gasteiger partial charge in [0.2, 0.25) is 0 Å². The second-order valence-corrected chi connectivity index (χ2v) is 3.20. The highest BCUT2D eigenvalue weighted by atomic mass is 16.7. The van der Waals surface area contributed by atoms with Crippen LogP contribution in [0.1, 0.15) is 0 Å². The smallest absolute Gasteiger partial charge is 0.187 e. The Balaban J connectivity index is 2.60. The van der Waals surface area contributed by atoms with E-state index in [1.54, 1.807) is 0 Å². The van der Waals surface area contributed by atoms with Crippen LogP contribution in [-0.2, 0) is 14.3 Å². The van der Waals surface area contributed by atoms with Gasteiger partial charge in [-0.3, -0.25) is 0 Å². The average Bonchev–Trinajstić information content (AvgIpc) is 2.25. The van der Waals surface area contributed by atoms with Crippen molar-refractivity contribution >= 4 is 6.29 Å². The second-order valence-electron chi connectivity index (χ2n) is 3.20. The molecule has 0 bridgehead atoms. The van der Waals surface area contributed by atoms with E-state index < -0.39 is 37.3 Å². The van der Waals surface area contributed by atoms with Crippen molar-refractivity contribution in [1.29, 1.82) is 0 Å². The minimum atomic E-state index is -1.48. The summed E-state index contributed by atoms with van der Waals surface area (Å²) < 4.78 is 9.71. The Bertz CT molecular complexity index is 207. The zero-order chi connectivity index (χ0) is 11.4. The molecule has 1 rings (SSSR count). The molecular formula is C8H14O7. The Morgan fingerprint density at radius 1 is 1.20 bits per heavy atom. The van der Waals surface area contributed by atoms with Crippen LogP contribution >= 0.6 is 0 Å². The Hall–Kier alpha value is -0.570. The monoisotopic (exact) mass is 222 g/mol. The van der Waals surface area contributed by atoms with E-state index in [4.69, 9.17) is 14.6 Å². The molecule has 88 valence electrons. The zero-order valence-electron chi connectivity index (χ0n) is 7.89. The molecular weight excluding hydrogens is 208 g/mol. The van der Waals surface area contributed by atoms with Crippen LogP contribution < -0.4 is 0 Å². The molecule has 0 amide bonds. The summed E-state index contributed by atoms with van der Waals surface area (Å²) in [4.78, 5) is 10.0. The van der Waals surface area contributed by atoms with E-state index in [-0.39, 0.29) is 6.61 Å². The van der Waals surface area contributed by atoms with Gasteiger partial charge >= 0.3 is 0 Å². The van der Waals surface area contributed by atoms with Crippen molar-refractivity contribution in [1.82, 2.24) is 0 Å². The number of rotatable bonds is 4. The number of carbonyl (C=O) groups is 1. The van der Waals surface area contributed by atoms with Gasteiger partial charge in [0.05, 0.1) is 6.61 Å². The topological polar surface area (TPSA) is 116 Å². The van der Waals surface area contributed by atoms with E-state index in [1.807, 2.05) is 0 Å². The first-order valence-electron chi connectivity index (χ1n) is 4.47. The van der Waals surface area contributed by atoms with E-state index in [2.05, 4.69) is 0 Å². The van der Waals surface area contributed by atoms with Gasteiger partial charge in [0, 0.05) is 0 Å². The van der Waals surface area contributed by atoms with Crippen LogP contribution in [0, 0.1) is 0 Å². The first-order chi connectivity index (χ1) is 7.11. The summed E-state index contributed by atoms with van der Waals surface area (Å²) in [5, 5.41) is 36.9. The van der Waals surface area contributed by atoms with Crippen LogP contribution in [0.5, 0.6) is 0 Å². The van der Waals surface area contributed by atoms with Crippen LogP contribution in [0.3, 0.4) is 0 Å². The van der Waals surface area contributed by atoms with Crippen molar-refractivity contribution in [3.63, 3.8) is 0 Å². The zero-order valence-corrected chi connectivity index (χ0v) is 7.89. The van der Waals surface area contributed by atoms with Crippen molar-refractivity contribution in [3.05, 3.63) is 0 Å². The van der Waals surface area contributed by atoms with Crippen LogP contribution in [0.25, 0.3) is 0 Å². The largest absolute Gasteiger partial charge is 0.394 e. The number of ether oxygens (including phenoxy) is 2. The van der Waals surface area contributed by atoms with E-state index in [0.717, 1.165) is 0 Å². The summed E-state index contributed by atoms with van der Waals surface area (Å²) >= 11 is 0. The maximum atomic E-state index is 10.0. The number of aldehydes is 1. The van der Waals surface area contributed by atoms with Gasteiger partial charge in [-0.25, -0.2) is 0 Å². The van der Waals surface area contributed by atoms with Gasteiger partial charge in [0.1, 0.15) is 37.3 Å². The SMILES string of the molecule is O=CCO[C@H]1O[C@H](CO)[C@H](O)[C@@H](O)[C@@H]1O. The fourth-order valence-corrected chi connectivity index (χ4v) is 1.34. The standard InChI is InChI=1S/C8H14O7/c9-1-2-14-8-7(13)6(12)5(11)4(3-10)15-8/h1,4-8,10-13H,2-3H2/t4-,5+,6-,7+,8+/m1/s1. The molecule has 7 nitrogen and oxygen atoms in total.